The number of nitrogens with zero attached hydrogens (tertiary/aromatic N) is 1. The Balaban J connectivity index is 2.27. The average Bonchev–Trinajstić information content (AvgIpc) is 2.89. The zero-order valence-corrected chi connectivity index (χ0v) is 9.03. The molecular formula is C10H16N2S. The van der Waals surface area contributed by atoms with Gasteiger partial charge in [0, 0.05) is 5.69 Å². The number of aryl methyl sites for hydroxylation is 1. The van der Waals surface area contributed by atoms with E-state index in [4.69, 9.17) is 12.2 Å². The number of nitrogens with one attached hydrogen (secondary N) is 1. The molecule has 2 rings (SSSR count). The number of H-pyrrole nitrogens is 1. The summed E-state index contributed by atoms with van der Waals surface area (Å²) in [5.74, 6) is 0.857. The number of aromatic amines is 1. The standard InChI is InChI=1S/C10H16N2S/c1-3-9-6-10(13)12(11-9)7(2)8-4-5-8/h6-8,11H,3-5H2,1-2H3. The molecule has 1 saturated carbocycles. The number of hydrogen-bond donors (Lipinski definition) is 1. The quantitative estimate of drug-likeness (QED) is 0.737. The van der Waals surface area contributed by atoms with Crippen LogP contribution in [0.4, 0.5) is 0 Å². The van der Waals surface area contributed by atoms with Crippen molar-refractivity contribution in [3.8, 4) is 0 Å². The van der Waals surface area contributed by atoms with Gasteiger partial charge in [-0.25, -0.2) is 0 Å². The van der Waals surface area contributed by atoms with Gasteiger partial charge >= 0.3 is 0 Å². The van der Waals surface area contributed by atoms with Crippen LogP contribution in [0.3, 0.4) is 0 Å². The number of aromatic nitrogens is 2. The molecule has 0 radical (unpaired) electrons. The van der Waals surface area contributed by atoms with Crippen LogP contribution in [-0.2, 0) is 6.42 Å². The molecule has 1 aliphatic rings. The minimum atomic E-state index is 0.563. The van der Waals surface area contributed by atoms with Crippen molar-refractivity contribution in [3.63, 3.8) is 0 Å². The fraction of sp³-hybridized carbons (Fsp3) is 0.700. The Morgan fingerprint density at radius 3 is 2.85 bits per heavy atom. The van der Waals surface area contributed by atoms with Gasteiger partial charge in [-0.2, -0.15) is 0 Å². The molecule has 0 bridgehead atoms. The molecule has 0 spiro atoms. The first-order valence-corrected chi connectivity index (χ1v) is 5.43. The van der Waals surface area contributed by atoms with E-state index in [0.29, 0.717) is 6.04 Å². The fourth-order valence-corrected chi connectivity index (χ4v) is 2.09. The minimum absolute atomic E-state index is 0.563. The molecule has 0 aromatic carbocycles. The molecular weight excluding hydrogens is 180 g/mol. The van der Waals surface area contributed by atoms with E-state index in [1.54, 1.807) is 0 Å². The van der Waals surface area contributed by atoms with Gasteiger partial charge in [-0.05, 0) is 38.2 Å². The van der Waals surface area contributed by atoms with E-state index in [1.807, 2.05) is 0 Å². The van der Waals surface area contributed by atoms with E-state index < -0.39 is 0 Å². The highest BCUT2D eigenvalue weighted by atomic mass is 32.1. The normalized spacial score (nSPS) is 18.9. The third-order valence-electron chi connectivity index (χ3n) is 2.89. The maximum atomic E-state index is 5.29. The smallest absolute Gasteiger partial charge is 0.122 e. The van der Waals surface area contributed by atoms with Gasteiger partial charge in [0.25, 0.3) is 0 Å². The lowest BCUT2D eigenvalue weighted by Crippen LogP contribution is -2.09. The minimum Gasteiger partial charge on any atom is -0.301 e. The summed E-state index contributed by atoms with van der Waals surface area (Å²) < 4.78 is 3.10. The molecule has 1 atom stereocenters. The van der Waals surface area contributed by atoms with E-state index in [2.05, 4.69) is 29.7 Å². The second-order valence-electron chi connectivity index (χ2n) is 3.92. The van der Waals surface area contributed by atoms with Gasteiger partial charge < -0.3 is 5.10 Å². The average molecular weight is 196 g/mol. The highest BCUT2D eigenvalue weighted by molar-refractivity contribution is 7.71. The Morgan fingerprint density at radius 1 is 1.69 bits per heavy atom. The monoisotopic (exact) mass is 196 g/mol. The van der Waals surface area contributed by atoms with Crippen molar-refractivity contribution in [3.05, 3.63) is 16.4 Å². The Labute approximate surface area is 83.9 Å². The topological polar surface area (TPSA) is 20.7 Å². The van der Waals surface area contributed by atoms with E-state index in [1.165, 1.54) is 18.5 Å². The summed E-state index contributed by atoms with van der Waals surface area (Å²) in [5, 5.41) is 3.36. The number of hydrogen-bond acceptors (Lipinski definition) is 1. The third-order valence-corrected chi connectivity index (χ3v) is 3.21. The molecule has 0 amide bonds. The lowest BCUT2D eigenvalue weighted by atomic mass is 10.2. The predicted molar refractivity (Wildman–Crippen MR) is 56.4 cm³/mol. The van der Waals surface area contributed by atoms with Crippen molar-refractivity contribution in [2.24, 2.45) is 5.92 Å². The Morgan fingerprint density at radius 2 is 2.38 bits per heavy atom. The van der Waals surface area contributed by atoms with Gasteiger partial charge in [0.1, 0.15) is 4.64 Å². The lowest BCUT2D eigenvalue weighted by molar-refractivity contribution is 0.433. The van der Waals surface area contributed by atoms with Crippen molar-refractivity contribution in [1.29, 1.82) is 0 Å². The van der Waals surface area contributed by atoms with Crippen LogP contribution >= 0.6 is 12.2 Å². The van der Waals surface area contributed by atoms with Crippen LogP contribution in [0.2, 0.25) is 0 Å². The molecule has 0 saturated heterocycles. The Bertz CT molecular complexity index is 346. The predicted octanol–water partition coefficient (Wildman–Crippen LogP) is 3.08. The first-order valence-electron chi connectivity index (χ1n) is 5.02. The van der Waals surface area contributed by atoms with Crippen LogP contribution in [0.1, 0.15) is 38.4 Å². The fourth-order valence-electron chi connectivity index (χ4n) is 1.73. The van der Waals surface area contributed by atoms with E-state index >= 15 is 0 Å². The molecule has 2 nitrogen and oxygen atoms in total. The van der Waals surface area contributed by atoms with E-state index in [0.717, 1.165) is 17.0 Å². The summed E-state index contributed by atoms with van der Waals surface area (Å²) in [6.07, 6.45) is 3.76. The molecule has 1 aromatic heterocycles. The molecule has 1 aliphatic carbocycles. The van der Waals surface area contributed by atoms with E-state index in [9.17, 15) is 0 Å². The summed E-state index contributed by atoms with van der Waals surface area (Å²) in [5.41, 5.74) is 1.25. The molecule has 13 heavy (non-hydrogen) atoms. The maximum Gasteiger partial charge on any atom is 0.122 e. The highest BCUT2D eigenvalue weighted by Gasteiger charge is 2.29. The largest absolute Gasteiger partial charge is 0.301 e. The third kappa shape index (κ3) is 1.70. The van der Waals surface area contributed by atoms with Crippen molar-refractivity contribution in [1.82, 2.24) is 9.78 Å². The van der Waals surface area contributed by atoms with Crippen molar-refractivity contribution >= 4 is 12.2 Å². The van der Waals surface area contributed by atoms with Gasteiger partial charge in [-0.15, -0.1) is 0 Å². The molecule has 72 valence electrons. The zero-order chi connectivity index (χ0) is 9.42. The summed E-state index contributed by atoms with van der Waals surface area (Å²) >= 11 is 5.29. The summed E-state index contributed by atoms with van der Waals surface area (Å²) in [6, 6.07) is 2.64. The van der Waals surface area contributed by atoms with Gasteiger partial charge in [0.15, 0.2) is 0 Å². The first kappa shape index (κ1) is 9.00. The first-order chi connectivity index (χ1) is 6.22. The van der Waals surface area contributed by atoms with Crippen LogP contribution in [0.15, 0.2) is 6.07 Å². The van der Waals surface area contributed by atoms with Crippen LogP contribution in [0.5, 0.6) is 0 Å². The summed E-state index contributed by atoms with van der Waals surface area (Å²) in [7, 11) is 0. The maximum absolute atomic E-state index is 5.29. The lowest BCUT2D eigenvalue weighted by Gasteiger charge is -2.11. The molecule has 1 heterocycles. The van der Waals surface area contributed by atoms with Crippen LogP contribution < -0.4 is 0 Å². The van der Waals surface area contributed by atoms with Gasteiger partial charge in [0.05, 0.1) is 6.04 Å². The van der Waals surface area contributed by atoms with Crippen LogP contribution in [0.25, 0.3) is 0 Å². The van der Waals surface area contributed by atoms with Crippen LogP contribution in [-0.4, -0.2) is 9.78 Å². The van der Waals surface area contributed by atoms with Crippen LogP contribution in [0, 0.1) is 10.6 Å². The molecule has 0 aliphatic heterocycles. The molecule has 1 N–H and O–H groups in total. The second kappa shape index (κ2) is 3.29. The van der Waals surface area contributed by atoms with Crippen molar-refractivity contribution < 1.29 is 0 Å². The highest BCUT2D eigenvalue weighted by Crippen LogP contribution is 2.39. The van der Waals surface area contributed by atoms with Crippen molar-refractivity contribution in [2.45, 2.75) is 39.2 Å². The van der Waals surface area contributed by atoms with Gasteiger partial charge in [0.2, 0.25) is 0 Å². The molecule has 3 heteroatoms. The Hall–Kier alpha value is -0.570. The molecule has 1 fully saturated rings. The number of rotatable bonds is 3. The summed E-state index contributed by atoms with van der Waals surface area (Å²) in [6.45, 7) is 4.40. The zero-order valence-electron chi connectivity index (χ0n) is 8.21. The molecule has 1 aromatic rings. The molecule has 1 unspecified atom stereocenters. The summed E-state index contributed by atoms with van der Waals surface area (Å²) in [4.78, 5) is 0. The van der Waals surface area contributed by atoms with Gasteiger partial charge in [-0.3, -0.25) is 4.68 Å². The van der Waals surface area contributed by atoms with E-state index in [-0.39, 0.29) is 0 Å². The Kier molecular flexibility index (Phi) is 2.28. The second-order valence-corrected chi connectivity index (χ2v) is 4.34. The van der Waals surface area contributed by atoms with Crippen molar-refractivity contribution in [2.75, 3.05) is 0 Å². The SMILES string of the molecule is CCc1cc(=S)n(C(C)C2CC2)[nH]1. The van der Waals surface area contributed by atoms with Gasteiger partial charge in [-0.1, -0.05) is 19.1 Å².